The molecule has 1 aliphatic rings. The highest BCUT2D eigenvalue weighted by Gasteiger charge is 2.37. The van der Waals surface area contributed by atoms with Gasteiger partial charge in [0, 0.05) is 6.04 Å². The van der Waals surface area contributed by atoms with Gasteiger partial charge in [-0.3, -0.25) is 4.79 Å². The number of esters is 1. The molecule has 2 rings (SSSR count). The Morgan fingerprint density at radius 2 is 2.00 bits per heavy atom. The molecule has 0 bridgehead atoms. The first-order valence-electron chi connectivity index (χ1n) is 7.31. The van der Waals surface area contributed by atoms with Crippen LogP contribution in [-0.4, -0.2) is 27.5 Å². The van der Waals surface area contributed by atoms with Crippen LogP contribution >= 0.6 is 0 Å². The van der Waals surface area contributed by atoms with E-state index in [1.54, 1.807) is 0 Å². The molecule has 0 radical (unpaired) electrons. The van der Waals surface area contributed by atoms with Gasteiger partial charge in [0.25, 0.3) is 0 Å². The second-order valence-electron chi connectivity index (χ2n) is 5.82. The van der Waals surface area contributed by atoms with Gasteiger partial charge in [-0.05, 0) is 43.4 Å². The Balaban J connectivity index is 2.27. The van der Waals surface area contributed by atoms with Gasteiger partial charge in [0.05, 0.1) is 24.0 Å². The first-order valence-corrected chi connectivity index (χ1v) is 8.80. The van der Waals surface area contributed by atoms with Crippen LogP contribution in [0.1, 0.15) is 30.4 Å². The van der Waals surface area contributed by atoms with Crippen LogP contribution in [0.3, 0.4) is 0 Å². The van der Waals surface area contributed by atoms with Gasteiger partial charge in [-0.25, -0.2) is 13.1 Å². The quantitative estimate of drug-likeness (QED) is 0.787. The Kier molecular flexibility index (Phi) is 5.24. The predicted octanol–water partition coefficient (Wildman–Crippen LogP) is 2.63. The van der Waals surface area contributed by atoms with E-state index in [4.69, 9.17) is 0 Å². The first kappa shape index (κ1) is 18.7. The zero-order chi connectivity index (χ0) is 18.1. The highest BCUT2D eigenvalue weighted by Crippen LogP contribution is 2.36. The number of halogens is 3. The molecule has 9 heteroatoms. The maximum Gasteiger partial charge on any atom is 0.416 e. The maximum absolute atomic E-state index is 13.0. The van der Waals surface area contributed by atoms with Crippen LogP contribution in [-0.2, 0) is 25.7 Å². The van der Waals surface area contributed by atoms with Crippen LogP contribution in [0.25, 0.3) is 0 Å². The standard InChI is InChI=1S/C15H18F3NO4S/c1-9-3-6-11(7-12(9)15(16,17)18)24(21,22)19-13(10-4-5-10)8-14(20)23-2/h3,6-7,10,13,19H,4-5,8H2,1-2H3. The van der Waals surface area contributed by atoms with E-state index in [0.717, 1.165) is 25.0 Å². The summed E-state index contributed by atoms with van der Waals surface area (Å²) in [5.74, 6) is -0.583. The lowest BCUT2D eigenvalue weighted by Gasteiger charge is -2.18. The molecule has 0 aliphatic heterocycles. The maximum atomic E-state index is 13.0. The average Bonchev–Trinajstić information content (AvgIpc) is 3.29. The molecule has 1 unspecified atom stereocenters. The van der Waals surface area contributed by atoms with Crippen LogP contribution in [0.5, 0.6) is 0 Å². The second-order valence-corrected chi connectivity index (χ2v) is 7.53. The molecule has 1 aromatic carbocycles. The molecule has 1 N–H and O–H groups in total. The lowest BCUT2D eigenvalue weighted by atomic mass is 10.1. The Bertz CT molecular complexity index is 727. The van der Waals surface area contributed by atoms with Crippen molar-refractivity contribution >= 4 is 16.0 Å². The minimum absolute atomic E-state index is 0.00795. The van der Waals surface area contributed by atoms with Crippen molar-refractivity contribution in [1.29, 1.82) is 0 Å². The van der Waals surface area contributed by atoms with E-state index in [0.29, 0.717) is 6.07 Å². The van der Waals surface area contributed by atoms with Crippen molar-refractivity contribution in [3.63, 3.8) is 0 Å². The van der Waals surface area contributed by atoms with E-state index in [9.17, 15) is 26.4 Å². The average molecular weight is 365 g/mol. The molecule has 134 valence electrons. The number of ether oxygens (including phenoxy) is 1. The molecule has 0 saturated heterocycles. The fourth-order valence-corrected chi connectivity index (χ4v) is 3.74. The topological polar surface area (TPSA) is 72.5 Å². The lowest BCUT2D eigenvalue weighted by Crippen LogP contribution is -2.38. The third-order valence-corrected chi connectivity index (χ3v) is 5.42. The molecule has 0 spiro atoms. The summed E-state index contributed by atoms with van der Waals surface area (Å²) in [4.78, 5) is 10.9. The lowest BCUT2D eigenvalue weighted by molar-refractivity contribution is -0.141. The van der Waals surface area contributed by atoms with Crippen molar-refractivity contribution in [2.75, 3.05) is 7.11 Å². The number of hydrogen-bond acceptors (Lipinski definition) is 4. The van der Waals surface area contributed by atoms with Gasteiger partial charge in [-0.1, -0.05) is 6.07 Å². The molecule has 0 amide bonds. The highest BCUT2D eigenvalue weighted by molar-refractivity contribution is 7.89. The fourth-order valence-electron chi connectivity index (χ4n) is 2.41. The van der Waals surface area contributed by atoms with Gasteiger partial charge in [0.1, 0.15) is 0 Å². The number of aryl methyl sites for hydroxylation is 1. The normalized spacial score (nSPS) is 16.7. The third-order valence-electron chi connectivity index (χ3n) is 3.94. The summed E-state index contributed by atoms with van der Waals surface area (Å²) in [6.07, 6.45) is -3.28. The summed E-state index contributed by atoms with van der Waals surface area (Å²) in [5.41, 5.74) is -1.06. The van der Waals surface area contributed by atoms with Crippen LogP contribution in [0.2, 0.25) is 0 Å². The summed E-state index contributed by atoms with van der Waals surface area (Å²) in [7, 11) is -2.98. The van der Waals surface area contributed by atoms with Crippen molar-refractivity contribution in [3.05, 3.63) is 29.3 Å². The van der Waals surface area contributed by atoms with Crippen molar-refractivity contribution in [2.45, 2.75) is 43.3 Å². The fraction of sp³-hybridized carbons (Fsp3) is 0.533. The molecule has 1 fully saturated rings. The number of sulfonamides is 1. The predicted molar refractivity (Wildman–Crippen MR) is 79.6 cm³/mol. The van der Waals surface area contributed by atoms with E-state index in [2.05, 4.69) is 9.46 Å². The number of carbonyl (C=O) groups is 1. The largest absolute Gasteiger partial charge is 0.469 e. The van der Waals surface area contributed by atoms with Crippen molar-refractivity contribution in [2.24, 2.45) is 5.92 Å². The van der Waals surface area contributed by atoms with Crippen molar-refractivity contribution in [1.82, 2.24) is 4.72 Å². The number of carbonyl (C=O) groups excluding carboxylic acids is 1. The number of hydrogen-bond donors (Lipinski definition) is 1. The molecule has 1 saturated carbocycles. The monoisotopic (exact) mass is 365 g/mol. The SMILES string of the molecule is COC(=O)CC(NS(=O)(=O)c1ccc(C)c(C(F)(F)F)c1)C1CC1. The molecule has 5 nitrogen and oxygen atoms in total. The van der Waals surface area contributed by atoms with Gasteiger partial charge < -0.3 is 4.74 Å². The van der Waals surface area contributed by atoms with Crippen LogP contribution in [0.15, 0.2) is 23.1 Å². The molecule has 1 aliphatic carbocycles. The van der Waals surface area contributed by atoms with E-state index >= 15 is 0 Å². The van der Waals surface area contributed by atoms with Crippen LogP contribution < -0.4 is 4.72 Å². The van der Waals surface area contributed by atoms with E-state index < -0.39 is 38.7 Å². The van der Waals surface area contributed by atoms with Crippen LogP contribution in [0, 0.1) is 12.8 Å². The number of nitrogens with one attached hydrogen (secondary N) is 1. The smallest absolute Gasteiger partial charge is 0.416 e. The van der Waals surface area contributed by atoms with Crippen LogP contribution in [0.4, 0.5) is 13.2 Å². The Morgan fingerprint density at radius 1 is 1.38 bits per heavy atom. The zero-order valence-electron chi connectivity index (χ0n) is 13.2. The molecule has 0 heterocycles. The summed E-state index contributed by atoms with van der Waals surface area (Å²) in [6, 6.07) is 2.16. The first-order chi connectivity index (χ1) is 11.0. The highest BCUT2D eigenvalue weighted by atomic mass is 32.2. The van der Waals surface area contributed by atoms with E-state index in [1.807, 2.05) is 0 Å². The molecule has 0 aromatic heterocycles. The third kappa shape index (κ3) is 4.47. The summed E-state index contributed by atoms with van der Waals surface area (Å²) >= 11 is 0. The van der Waals surface area contributed by atoms with Crippen molar-refractivity contribution < 1.29 is 31.1 Å². The van der Waals surface area contributed by atoms with E-state index in [-0.39, 0.29) is 17.9 Å². The Labute approximate surface area is 138 Å². The second kappa shape index (κ2) is 6.72. The molecule has 1 atom stereocenters. The van der Waals surface area contributed by atoms with Gasteiger partial charge in [-0.15, -0.1) is 0 Å². The van der Waals surface area contributed by atoms with Crippen molar-refractivity contribution in [3.8, 4) is 0 Å². The van der Waals surface area contributed by atoms with Gasteiger partial charge in [0.2, 0.25) is 10.0 Å². The van der Waals surface area contributed by atoms with E-state index in [1.165, 1.54) is 14.0 Å². The number of rotatable bonds is 6. The van der Waals surface area contributed by atoms with Gasteiger partial charge in [-0.2, -0.15) is 13.2 Å². The summed E-state index contributed by atoms with van der Waals surface area (Å²) in [5, 5.41) is 0. The molecular weight excluding hydrogens is 347 g/mol. The zero-order valence-corrected chi connectivity index (χ0v) is 14.0. The summed E-state index contributed by atoms with van der Waals surface area (Å²) < 4.78 is 70.6. The Morgan fingerprint density at radius 3 is 2.50 bits per heavy atom. The summed E-state index contributed by atoms with van der Waals surface area (Å²) in [6.45, 7) is 1.26. The number of alkyl halides is 3. The Hall–Kier alpha value is -1.61. The number of methoxy groups -OCH3 is 1. The minimum Gasteiger partial charge on any atom is -0.469 e. The number of benzene rings is 1. The van der Waals surface area contributed by atoms with Gasteiger partial charge in [0.15, 0.2) is 0 Å². The van der Waals surface area contributed by atoms with Gasteiger partial charge >= 0.3 is 12.1 Å². The molecule has 24 heavy (non-hydrogen) atoms. The molecular formula is C15H18F3NO4S. The minimum atomic E-state index is -4.64. The molecule has 1 aromatic rings.